The van der Waals surface area contributed by atoms with Gasteiger partial charge < -0.3 is 4.42 Å². The fraction of sp³-hybridized carbons (Fsp3) is 0.0714. The van der Waals surface area contributed by atoms with Crippen LogP contribution in [-0.2, 0) is 0 Å². The molecule has 0 aliphatic carbocycles. The van der Waals surface area contributed by atoms with Gasteiger partial charge in [-0.25, -0.2) is 0 Å². The smallest absolute Gasteiger partial charge is 0.397 e. The standard InChI is InChI=1S/C14H11NO4/c1-10-4-2-3-5-11(10)6-7-12(16)13-8-9-14(19-13)15(17)18/h2-9H,1H3. The molecule has 0 unspecified atom stereocenters. The summed E-state index contributed by atoms with van der Waals surface area (Å²) in [6.45, 7) is 1.93. The molecule has 1 aromatic carbocycles. The topological polar surface area (TPSA) is 73.3 Å². The SMILES string of the molecule is Cc1ccccc1C=CC(=O)c1ccc([N+](=O)[O-])o1. The van der Waals surface area contributed by atoms with Crippen LogP contribution in [0.25, 0.3) is 6.08 Å². The Morgan fingerprint density at radius 1 is 1.26 bits per heavy atom. The Kier molecular flexibility index (Phi) is 3.56. The van der Waals surface area contributed by atoms with Gasteiger partial charge >= 0.3 is 5.88 Å². The van der Waals surface area contributed by atoms with Crippen LogP contribution in [0.1, 0.15) is 21.7 Å². The summed E-state index contributed by atoms with van der Waals surface area (Å²) in [5.41, 5.74) is 1.95. The second-order valence-electron chi connectivity index (χ2n) is 3.95. The first-order valence-electron chi connectivity index (χ1n) is 5.60. The minimum atomic E-state index is -0.679. The lowest BCUT2D eigenvalue weighted by molar-refractivity contribution is -0.402. The maximum absolute atomic E-state index is 11.8. The van der Waals surface area contributed by atoms with Crippen LogP contribution >= 0.6 is 0 Å². The van der Waals surface area contributed by atoms with Crippen molar-refractivity contribution in [3.05, 3.63) is 69.5 Å². The lowest BCUT2D eigenvalue weighted by Crippen LogP contribution is -1.91. The summed E-state index contributed by atoms with van der Waals surface area (Å²) in [5, 5.41) is 10.4. The Hall–Kier alpha value is -2.69. The van der Waals surface area contributed by atoms with Crippen LogP contribution in [-0.4, -0.2) is 10.7 Å². The molecule has 0 aliphatic heterocycles. The molecule has 5 heteroatoms. The van der Waals surface area contributed by atoms with Gasteiger partial charge in [-0.2, -0.15) is 0 Å². The van der Waals surface area contributed by atoms with Crippen LogP contribution in [0.3, 0.4) is 0 Å². The molecular weight excluding hydrogens is 246 g/mol. The van der Waals surface area contributed by atoms with Crippen LogP contribution in [0.5, 0.6) is 0 Å². The third kappa shape index (κ3) is 2.95. The maximum Gasteiger partial charge on any atom is 0.433 e. The number of nitrogens with zero attached hydrogens (tertiary/aromatic N) is 1. The number of nitro groups is 1. The number of allylic oxidation sites excluding steroid dienone is 1. The van der Waals surface area contributed by atoms with Crippen molar-refractivity contribution in [2.24, 2.45) is 0 Å². The summed E-state index contributed by atoms with van der Waals surface area (Å²) in [6, 6.07) is 10.0. The molecule has 1 heterocycles. The van der Waals surface area contributed by atoms with Crippen LogP contribution in [0.4, 0.5) is 5.88 Å². The van der Waals surface area contributed by atoms with Gasteiger partial charge in [0.25, 0.3) is 0 Å². The van der Waals surface area contributed by atoms with Gasteiger partial charge in [0.2, 0.25) is 5.78 Å². The van der Waals surface area contributed by atoms with Gasteiger partial charge in [0.1, 0.15) is 4.92 Å². The van der Waals surface area contributed by atoms with Gasteiger partial charge in [0.15, 0.2) is 5.76 Å². The Morgan fingerprint density at radius 2 is 2.00 bits per heavy atom. The minimum absolute atomic E-state index is 0.0449. The quantitative estimate of drug-likeness (QED) is 0.364. The lowest BCUT2D eigenvalue weighted by atomic mass is 10.1. The third-order valence-corrected chi connectivity index (χ3v) is 2.62. The predicted molar refractivity (Wildman–Crippen MR) is 69.9 cm³/mol. The Balaban J connectivity index is 2.17. The maximum atomic E-state index is 11.8. The largest absolute Gasteiger partial charge is 0.433 e. The number of benzene rings is 1. The van der Waals surface area contributed by atoms with E-state index in [1.165, 1.54) is 12.1 Å². The van der Waals surface area contributed by atoms with E-state index in [2.05, 4.69) is 0 Å². The van der Waals surface area contributed by atoms with Crippen molar-refractivity contribution in [1.82, 2.24) is 0 Å². The molecule has 0 amide bonds. The van der Waals surface area contributed by atoms with Gasteiger partial charge in [-0.05, 0) is 30.2 Å². The van der Waals surface area contributed by atoms with E-state index in [0.717, 1.165) is 17.2 Å². The number of hydrogen-bond acceptors (Lipinski definition) is 4. The predicted octanol–water partition coefficient (Wildman–Crippen LogP) is 3.39. The van der Waals surface area contributed by atoms with Crippen molar-refractivity contribution in [1.29, 1.82) is 0 Å². The second kappa shape index (κ2) is 5.30. The molecule has 0 N–H and O–H groups in total. The average molecular weight is 257 g/mol. The highest BCUT2D eigenvalue weighted by Crippen LogP contribution is 2.17. The highest BCUT2D eigenvalue weighted by molar-refractivity contribution is 6.05. The zero-order valence-corrected chi connectivity index (χ0v) is 10.2. The van der Waals surface area contributed by atoms with E-state index in [0.29, 0.717) is 0 Å². The number of carbonyl (C=O) groups is 1. The summed E-state index contributed by atoms with van der Waals surface area (Å²) in [7, 11) is 0. The van der Waals surface area contributed by atoms with E-state index in [1.54, 1.807) is 6.08 Å². The van der Waals surface area contributed by atoms with Crippen LogP contribution in [0.15, 0.2) is 46.9 Å². The molecule has 0 fully saturated rings. The Labute approximate surface area is 109 Å². The van der Waals surface area contributed by atoms with E-state index in [1.807, 2.05) is 31.2 Å². The third-order valence-electron chi connectivity index (χ3n) is 2.62. The molecule has 0 atom stereocenters. The number of hydrogen-bond donors (Lipinski definition) is 0. The number of furan rings is 1. The van der Waals surface area contributed by atoms with Crippen LogP contribution in [0, 0.1) is 17.0 Å². The van der Waals surface area contributed by atoms with Gasteiger partial charge in [0.05, 0.1) is 6.07 Å². The van der Waals surface area contributed by atoms with Crippen molar-refractivity contribution < 1.29 is 14.1 Å². The Bertz CT molecular complexity index is 655. The number of aryl methyl sites for hydroxylation is 1. The van der Waals surface area contributed by atoms with Crippen molar-refractivity contribution in [2.75, 3.05) is 0 Å². The highest BCUT2D eigenvalue weighted by Gasteiger charge is 2.15. The summed E-state index contributed by atoms with van der Waals surface area (Å²) in [5.74, 6) is -0.888. The molecule has 1 aromatic heterocycles. The van der Waals surface area contributed by atoms with Gasteiger partial charge in [-0.15, -0.1) is 0 Å². The molecule has 0 saturated carbocycles. The van der Waals surface area contributed by atoms with Gasteiger partial charge in [-0.1, -0.05) is 30.3 Å². The molecule has 0 saturated heterocycles. The van der Waals surface area contributed by atoms with Crippen molar-refractivity contribution in [3.63, 3.8) is 0 Å². The highest BCUT2D eigenvalue weighted by atomic mass is 16.6. The normalized spacial score (nSPS) is 10.8. The van der Waals surface area contributed by atoms with Crippen molar-refractivity contribution in [2.45, 2.75) is 6.92 Å². The number of rotatable bonds is 4. The van der Waals surface area contributed by atoms with E-state index in [9.17, 15) is 14.9 Å². The fourth-order valence-corrected chi connectivity index (χ4v) is 1.58. The first-order chi connectivity index (χ1) is 9.08. The lowest BCUT2D eigenvalue weighted by Gasteiger charge is -1.97. The van der Waals surface area contributed by atoms with E-state index < -0.39 is 16.6 Å². The molecular formula is C14H11NO4. The van der Waals surface area contributed by atoms with E-state index in [-0.39, 0.29) is 5.76 Å². The molecule has 0 spiro atoms. The molecule has 19 heavy (non-hydrogen) atoms. The minimum Gasteiger partial charge on any atom is -0.397 e. The first kappa shape index (κ1) is 12.8. The fourth-order valence-electron chi connectivity index (χ4n) is 1.58. The van der Waals surface area contributed by atoms with Crippen molar-refractivity contribution >= 4 is 17.7 Å². The molecule has 0 radical (unpaired) electrons. The summed E-state index contributed by atoms with van der Waals surface area (Å²) in [4.78, 5) is 21.5. The van der Waals surface area contributed by atoms with E-state index >= 15 is 0 Å². The molecule has 5 nitrogen and oxygen atoms in total. The summed E-state index contributed by atoms with van der Waals surface area (Å²) < 4.78 is 4.83. The summed E-state index contributed by atoms with van der Waals surface area (Å²) in [6.07, 6.45) is 3.00. The number of ketones is 1. The number of carbonyl (C=O) groups excluding carboxylic acids is 1. The van der Waals surface area contributed by atoms with Gasteiger partial charge in [-0.3, -0.25) is 14.9 Å². The van der Waals surface area contributed by atoms with E-state index in [4.69, 9.17) is 4.42 Å². The summed E-state index contributed by atoms with van der Waals surface area (Å²) >= 11 is 0. The average Bonchev–Trinajstić information content (AvgIpc) is 2.87. The van der Waals surface area contributed by atoms with Crippen molar-refractivity contribution in [3.8, 4) is 0 Å². The van der Waals surface area contributed by atoms with Crippen LogP contribution < -0.4 is 0 Å². The molecule has 0 bridgehead atoms. The molecule has 2 rings (SSSR count). The molecule has 0 aliphatic rings. The zero-order valence-electron chi connectivity index (χ0n) is 10.2. The molecule has 96 valence electrons. The van der Waals surface area contributed by atoms with Crippen LogP contribution in [0.2, 0.25) is 0 Å². The Morgan fingerprint density at radius 3 is 2.63 bits per heavy atom. The second-order valence-corrected chi connectivity index (χ2v) is 3.95. The first-order valence-corrected chi connectivity index (χ1v) is 5.60. The zero-order chi connectivity index (χ0) is 13.8. The monoisotopic (exact) mass is 257 g/mol. The van der Waals surface area contributed by atoms with Gasteiger partial charge in [0, 0.05) is 0 Å². The molecule has 2 aromatic rings.